The zero-order chi connectivity index (χ0) is 20.0. The summed E-state index contributed by atoms with van der Waals surface area (Å²) in [7, 11) is 0. The third-order valence-electron chi connectivity index (χ3n) is 3.89. The molecule has 1 aromatic heterocycles. The lowest BCUT2D eigenvalue weighted by molar-refractivity contribution is -0.137. The topological polar surface area (TPSA) is 56.0 Å². The van der Waals surface area contributed by atoms with E-state index < -0.39 is 46.2 Å². The van der Waals surface area contributed by atoms with E-state index in [1.165, 1.54) is 24.3 Å². The number of benzene rings is 2. The summed E-state index contributed by atoms with van der Waals surface area (Å²) in [6.45, 7) is 0. The molecule has 0 bridgehead atoms. The van der Waals surface area contributed by atoms with Crippen molar-refractivity contribution in [1.82, 2.24) is 4.98 Å². The predicted octanol–water partition coefficient (Wildman–Crippen LogP) is 5.04. The Kier molecular flexibility index (Phi) is 4.33. The third kappa shape index (κ3) is 3.44. The van der Waals surface area contributed by atoms with Crippen LogP contribution in [0.25, 0.3) is 22.2 Å². The van der Waals surface area contributed by atoms with Crippen molar-refractivity contribution < 1.29 is 31.1 Å². The van der Waals surface area contributed by atoms with Crippen LogP contribution >= 0.6 is 0 Å². The number of hydrogen-bond acceptors (Lipinski definition) is 2. The fraction of sp³-hybridized carbons (Fsp3) is 0.111. The van der Waals surface area contributed by atoms with Gasteiger partial charge < -0.3 is 5.73 Å². The van der Waals surface area contributed by atoms with E-state index in [1.807, 2.05) is 0 Å². The first-order valence-electron chi connectivity index (χ1n) is 7.47. The van der Waals surface area contributed by atoms with Crippen LogP contribution in [0.5, 0.6) is 0 Å². The molecule has 27 heavy (non-hydrogen) atoms. The van der Waals surface area contributed by atoms with Gasteiger partial charge in [-0.25, -0.2) is 4.98 Å². The van der Waals surface area contributed by atoms with Crippen molar-refractivity contribution >= 4 is 16.8 Å². The van der Waals surface area contributed by atoms with Gasteiger partial charge in [0.2, 0.25) is 5.91 Å². The zero-order valence-electron chi connectivity index (χ0n) is 13.3. The monoisotopic (exact) mass is 384 g/mol. The molecule has 3 rings (SSSR count). The molecule has 2 aromatic carbocycles. The number of para-hydroxylation sites is 1. The first-order valence-corrected chi connectivity index (χ1v) is 7.47. The summed E-state index contributed by atoms with van der Waals surface area (Å²) in [4.78, 5) is 15.7. The van der Waals surface area contributed by atoms with E-state index in [1.54, 1.807) is 0 Å². The Morgan fingerprint density at radius 3 is 2.15 bits per heavy atom. The van der Waals surface area contributed by atoms with E-state index in [0.29, 0.717) is 6.07 Å². The molecule has 0 unspecified atom stereocenters. The van der Waals surface area contributed by atoms with E-state index in [9.17, 15) is 31.1 Å². The maximum Gasteiger partial charge on any atom is 0.419 e. The average molecular weight is 384 g/mol. The molecule has 3 nitrogen and oxygen atoms in total. The van der Waals surface area contributed by atoms with E-state index in [4.69, 9.17) is 5.73 Å². The number of hydrogen-bond donors (Lipinski definition) is 1. The molecule has 0 aliphatic carbocycles. The molecule has 0 aliphatic heterocycles. The number of amides is 1. The summed E-state index contributed by atoms with van der Waals surface area (Å²) >= 11 is 0. The van der Waals surface area contributed by atoms with Crippen molar-refractivity contribution in [2.75, 3.05) is 0 Å². The molecule has 1 heterocycles. The molecule has 0 fully saturated rings. The Bertz CT molecular complexity index is 1040. The van der Waals surface area contributed by atoms with Crippen LogP contribution in [0.15, 0.2) is 48.5 Å². The quantitative estimate of drug-likeness (QED) is 0.630. The van der Waals surface area contributed by atoms with Gasteiger partial charge in [0.15, 0.2) is 0 Å². The molecular formula is C18H10F6N2O. The molecule has 2 N–H and O–H groups in total. The number of halogens is 6. The molecule has 0 saturated carbocycles. The maximum atomic E-state index is 13.7. The molecule has 3 aromatic rings. The molecule has 0 spiro atoms. The highest BCUT2D eigenvalue weighted by Crippen LogP contribution is 2.42. The van der Waals surface area contributed by atoms with Gasteiger partial charge in [0.05, 0.1) is 27.9 Å². The Morgan fingerprint density at radius 2 is 1.56 bits per heavy atom. The number of carbonyl (C=O) groups excluding carboxylic acids is 1. The van der Waals surface area contributed by atoms with Gasteiger partial charge in [-0.1, -0.05) is 30.3 Å². The van der Waals surface area contributed by atoms with Gasteiger partial charge in [-0.15, -0.1) is 0 Å². The standard InChI is InChI=1S/C18H10F6N2O/c19-17(20,21)10-5-3-4-9(8-10)15-14(18(22,23)24)13(16(25)27)11-6-1-2-7-12(11)26-15/h1-8H,(H2,25,27). The minimum Gasteiger partial charge on any atom is -0.366 e. The van der Waals surface area contributed by atoms with Crippen LogP contribution in [0.1, 0.15) is 21.5 Å². The molecule has 0 radical (unpaired) electrons. The summed E-state index contributed by atoms with van der Waals surface area (Å²) in [5.74, 6) is -1.35. The van der Waals surface area contributed by atoms with Gasteiger partial charge in [0.25, 0.3) is 0 Å². The van der Waals surface area contributed by atoms with Crippen LogP contribution in [-0.4, -0.2) is 10.9 Å². The van der Waals surface area contributed by atoms with Gasteiger partial charge in [-0.05, 0) is 18.2 Å². The van der Waals surface area contributed by atoms with Gasteiger partial charge in [-0.2, -0.15) is 26.3 Å². The number of fused-ring (bicyclic) bond motifs is 1. The number of nitrogens with two attached hydrogens (primary N) is 1. The van der Waals surface area contributed by atoms with Crippen molar-refractivity contribution in [2.24, 2.45) is 5.73 Å². The molecule has 1 amide bonds. The van der Waals surface area contributed by atoms with Crippen LogP contribution in [0, 0.1) is 0 Å². The number of alkyl halides is 6. The number of carbonyl (C=O) groups is 1. The highest BCUT2D eigenvalue weighted by Gasteiger charge is 2.40. The Labute approximate surface area is 148 Å². The molecule has 140 valence electrons. The second-order valence-electron chi connectivity index (χ2n) is 5.67. The second kappa shape index (κ2) is 6.26. The summed E-state index contributed by atoms with van der Waals surface area (Å²) in [5, 5.41) is -0.131. The lowest BCUT2D eigenvalue weighted by Gasteiger charge is -2.18. The SMILES string of the molecule is NC(=O)c1c(C(F)(F)F)c(-c2cccc(C(F)(F)F)c2)nc2ccccc12. The van der Waals surface area contributed by atoms with Crippen molar-refractivity contribution in [3.05, 3.63) is 65.2 Å². The fourth-order valence-corrected chi connectivity index (χ4v) is 2.80. The Morgan fingerprint density at radius 1 is 0.889 bits per heavy atom. The average Bonchev–Trinajstić information content (AvgIpc) is 2.58. The second-order valence-corrected chi connectivity index (χ2v) is 5.67. The molecular weight excluding hydrogens is 374 g/mol. The minimum absolute atomic E-state index is 0.00621. The minimum atomic E-state index is -5.06. The van der Waals surface area contributed by atoms with Crippen LogP contribution < -0.4 is 5.73 Å². The number of primary amides is 1. The third-order valence-corrected chi connectivity index (χ3v) is 3.89. The number of nitrogens with zero attached hydrogens (tertiary/aromatic N) is 1. The lowest BCUT2D eigenvalue weighted by Crippen LogP contribution is -2.21. The number of rotatable bonds is 2. The van der Waals surface area contributed by atoms with Gasteiger partial charge in [-0.3, -0.25) is 4.79 Å². The Balaban J connectivity index is 2.45. The predicted molar refractivity (Wildman–Crippen MR) is 85.7 cm³/mol. The van der Waals surface area contributed by atoms with Crippen LogP contribution in [0.4, 0.5) is 26.3 Å². The van der Waals surface area contributed by atoms with Gasteiger partial charge in [0, 0.05) is 10.9 Å². The van der Waals surface area contributed by atoms with Crippen LogP contribution in [-0.2, 0) is 12.4 Å². The Hall–Kier alpha value is -3.10. The van der Waals surface area contributed by atoms with Crippen molar-refractivity contribution in [1.29, 1.82) is 0 Å². The largest absolute Gasteiger partial charge is 0.419 e. The fourth-order valence-electron chi connectivity index (χ4n) is 2.80. The van der Waals surface area contributed by atoms with E-state index >= 15 is 0 Å². The summed E-state index contributed by atoms with van der Waals surface area (Å²) in [6.07, 6.45) is -9.82. The normalized spacial score (nSPS) is 12.4. The summed E-state index contributed by atoms with van der Waals surface area (Å²) in [6, 6.07) is 8.78. The van der Waals surface area contributed by atoms with E-state index in [2.05, 4.69) is 4.98 Å². The van der Waals surface area contributed by atoms with Crippen molar-refractivity contribution in [3.63, 3.8) is 0 Å². The summed E-state index contributed by atoms with van der Waals surface area (Å²) < 4.78 is 80.1. The van der Waals surface area contributed by atoms with Gasteiger partial charge in [0.1, 0.15) is 0 Å². The van der Waals surface area contributed by atoms with Crippen LogP contribution in [0.3, 0.4) is 0 Å². The first-order chi connectivity index (χ1) is 12.5. The summed E-state index contributed by atoms with van der Waals surface area (Å²) in [5.41, 5.74) is 0.534. The maximum absolute atomic E-state index is 13.7. The smallest absolute Gasteiger partial charge is 0.366 e. The number of pyridine rings is 1. The van der Waals surface area contributed by atoms with Crippen molar-refractivity contribution in [3.8, 4) is 11.3 Å². The molecule has 0 aliphatic rings. The van der Waals surface area contributed by atoms with Crippen LogP contribution in [0.2, 0.25) is 0 Å². The number of aromatic nitrogens is 1. The first kappa shape index (κ1) is 18.7. The lowest BCUT2D eigenvalue weighted by atomic mass is 9.95. The molecule has 0 atom stereocenters. The van der Waals surface area contributed by atoms with Crippen molar-refractivity contribution in [2.45, 2.75) is 12.4 Å². The van der Waals surface area contributed by atoms with E-state index in [0.717, 1.165) is 18.2 Å². The zero-order valence-corrected chi connectivity index (χ0v) is 13.3. The van der Waals surface area contributed by atoms with E-state index in [-0.39, 0.29) is 10.9 Å². The molecule has 0 saturated heterocycles. The highest BCUT2D eigenvalue weighted by atomic mass is 19.4. The molecule has 9 heteroatoms. The van der Waals surface area contributed by atoms with Gasteiger partial charge >= 0.3 is 12.4 Å². The highest BCUT2D eigenvalue weighted by molar-refractivity contribution is 6.08.